The van der Waals surface area contributed by atoms with Crippen molar-refractivity contribution < 1.29 is 4.74 Å². The van der Waals surface area contributed by atoms with Crippen molar-refractivity contribution in [3.8, 4) is 0 Å². The number of hydrogen-bond donors (Lipinski definition) is 1. The zero-order valence-corrected chi connectivity index (χ0v) is 8.37. The molecule has 0 aliphatic carbocycles. The zero-order chi connectivity index (χ0) is 9.52. The maximum absolute atomic E-state index is 6.03. The Morgan fingerprint density at radius 3 is 3.00 bits per heavy atom. The van der Waals surface area contributed by atoms with Gasteiger partial charge in [-0.25, -0.2) is 0 Å². The predicted octanol–water partition coefficient (Wildman–Crippen LogP) is 2.24. The van der Waals surface area contributed by atoms with Crippen LogP contribution < -0.4 is 5.73 Å². The van der Waals surface area contributed by atoms with E-state index in [1.54, 1.807) is 0 Å². The van der Waals surface area contributed by atoms with Crippen molar-refractivity contribution in [3.63, 3.8) is 0 Å². The highest BCUT2D eigenvalue weighted by molar-refractivity contribution is 4.77. The molecule has 1 fully saturated rings. The molecular formula is C11H21NO. The van der Waals surface area contributed by atoms with Gasteiger partial charge < -0.3 is 10.5 Å². The van der Waals surface area contributed by atoms with Gasteiger partial charge in [0.25, 0.3) is 0 Å². The van der Waals surface area contributed by atoms with E-state index in [4.69, 9.17) is 10.5 Å². The van der Waals surface area contributed by atoms with Crippen molar-refractivity contribution >= 4 is 0 Å². The summed E-state index contributed by atoms with van der Waals surface area (Å²) in [6.45, 7) is 4.60. The number of nitrogens with two attached hydrogens (primary N) is 1. The number of unbranched alkanes of at least 4 members (excludes halogenated alkanes) is 1. The Morgan fingerprint density at radius 1 is 1.54 bits per heavy atom. The molecule has 76 valence electrons. The molecule has 1 rings (SSSR count). The summed E-state index contributed by atoms with van der Waals surface area (Å²) >= 11 is 0. The van der Waals surface area contributed by atoms with E-state index >= 15 is 0 Å². The number of allylic oxidation sites excluding steroid dienone is 1. The molecule has 2 N–H and O–H groups in total. The molecule has 0 aromatic carbocycles. The Kier molecular flexibility index (Phi) is 5.09. The maximum Gasteiger partial charge on any atom is 0.0725 e. The summed E-state index contributed by atoms with van der Waals surface area (Å²) in [6, 6.07) is 0.236. The lowest BCUT2D eigenvalue weighted by molar-refractivity contribution is -0.00129. The SMILES string of the molecule is C=CCCCC(N)C1CCCCO1. The Balaban J connectivity index is 2.13. The summed E-state index contributed by atoms with van der Waals surface area (Å²) < 4.78 is 5.62. The van der Waals surface area contributed by atoms with E-state index in [9.17, 15) is 0 Å². The van der Waals surface area contributed by atoms with Gasteiger partial charge in [-0.05, 0) is 38.5 Å². The first-order valence-corrected chi connectivity index (χ1v) is 5.32. The smallest absolute Gasteiger partial charge is 0.0725 e. The fraction of sp³-hybridized carbons (Fsp3) is 0.818. The van der Waals surface area contributed by atoms with Crippen LogP contribution in [-0.4, -0.2) is 18.8 Å². The van der Waals surface area contributed by atoms with Crippen molar-refractivity contribution in [2.24, 2.45) is 5.73 Å². The summed E-state index contributed by atoms with van der Waals surface area (Å²) in [6.07, 6.45) is 9.18. The average Bonchev–Trinajstić information content (AvgIpc) is 2.19. The van der Waals surface area contributed by atoms with Crippen LogP contribution >= 0.6 is 0 Å². The van der Waals surface area contributed by atoms with Gasteiger partial charge in [0.05, 0.1) is 6.10 Å². The van der Waals surface area contributed by atoms with E-state index in [1.807, 2.05) is 6.08 Å². The summed E-state index contributed by atoms with van der Waals surface area (Å²) in [5.74, 6) is 0. The van der Waals surface area contributed by atoms with Crippen LogP contribution in [0.15, 0.2) is 12.7 Å². The summed E-state index contributed by atoms with van der Waals surface area (Å²) in [7, 11) is 0. The second-order valence-corrected chi connectivity index (χ2v) is 3.79. The molecule has 0 amide bonds. The lowest BCUT2D eigenvalue weighted by Gasteiger charge is -2.27. The third-order valence-electron chi connectivity index (χ3n) is 2.64. The normalized spacial score (nSPS) is 25.5. The maximum atomic E-state index is 6.03. The molecule has 13 heavy (non-hydrogen) atoms. The highest BCUT2D eigenvalue weighted by atomic mass is 16.5. The molecule has 0 spiro atoms. The minimum atomic E-state index is 0.236. The standard InChI is InChI=1S/C11H21NO/c1-2-3-4-7-10(12)11-8-5-6-9-13-11/h2,10-11H,1,3-9,12H2. The summed E-state index contributed by atoms with van der Waals surface area (Å²) in [5.41, 5.74) is 6.03. The van der Waals surface area contributed by atoms with E-state index < -0.39 is 0 Å². The molecule has 1 aliphatic rings. The Bertz CT molecular complexity index is 141. The fourth-order valence-corrected chi connectivity index (χ4v) is 1.79. The first-order chi connectivity index (χ1) is 6.34. The van der Waals surface area contributed by atoms with Gasteiger partial charge in [-0.1, -0.05) is 6.08 Å². The van der Waals surface area contributed by atoms with Crippen LogP contribution in [0.25, 0.3) is 0 Å². The molecule has 0 aromatic heterocycles. The minimum absolute atomic E-state index is 0.236. The van der Waals surface area contributed by atoms with Crippen molar-refractivity contribution in [1.82, 2.24) is 0 Å². The van der Waals surface area contributed by atoms with Crippen molar-refractivity contribution in [2.45, 2.75) is 50.7 Å². The van der Waals surface area contributed by atoms with Crippen LogP contribution in [0.4, 0.5) is 0 Å². The molecule has 0 aromatic rings. The predicted molar refractivity (Wildman–Crippen MR) is 55.6 cm³/mol. The Hall–Kier alpha value is -0.340. The lowest BCUT2D eigenvalue weighted by atomic mass is 9.98. The Morgan fingerprint density at radius 2 is 2.38 bits per heavy atom. The monoisotopic (exact) mass is 183 g/mol. The van der Waals surface area contributed by atoms with E-state index in [0.717, 1.165) is 32.3 Å². The van der Waals surface area contributed by atoms with Crippen molar-refractivity contribution in [1.29, 1.82) is 0 Å². The fourth-order valence-electron chi connectivity index (χ4n) is 1.79. The molecule has 1 saturated heterocycles. The van der Waals surface area contributed by atoms with Crippen LogP contribution in [0.2, 0.25) is 0 Å². The first kappa shape index (κ1) is 10.7. The lowest BCUT2D eigenvalue weighted by Crippen LogP contribution is -2.38. The van der Waals surface area contributed by atoms with Gasteiger partial charge >= 0.3 is 0 Å². The van der Waals surface area contributed by atoms with Gasteiger partial charge in [0.1, 0.15) is 0 Å². The van der Waals surface area contributed by atoms with Gasteiger partial charge in [-0.15, -0.1) is 6.58 Å². The quantitative estimate of drug-likeness (QED) is 0.524. The average molecular weight is 183 g/mol. The molecule has 2 unspecified atom stereocenters. The second kappa shape index (κ2) is 6.17. The van der Waals surface area contributed by atoms with Gasteiger partial charge in [0.2, 0.25) is 0 Å². The van der Waals surface area contributed by atoms with Crippen LogP contribution in [-0.2, 0) is 4.74 Å². The molecule has 2 atom stereocenters. The van der Waals surface area contributed by atoms with Crippen molar-refractivity contribution in [2.75, 3.05) is 6.61 Å². The highest BCUT2D eigenvalue weighted by Crippen LogP contribution is 2.17. The molecule has 1 aliphatic heterocycles. The van der Waals surface area contributed by atoms with Crippen LogP contribution in [0.1, 0.15) is 38.5 Å². The van der Waals surface area contributed by atoms with Crippen molar-refractivity contribution in [3.05, 3.63) is 12.7 Å². The molecule has 0 radical (unpaired) electrons. The molecule has 2 heteroatoms. The van der Waals surface area contributed by atoms with E-state index in [0.29, 0.717) is 6.10 Å². The van der Waals surface area contributed by atoms with Crippen LogP contribution in [0, 0.1) is 0 Å². The topological polar surface area (TPSA) is 35.2 Å². The van der Waals surface area contributed by atoms with Gasteiger partial charge in [-0.3, -0.25) is 0 Å². The second-order valence-electron chi connectivity index (χ2n) is 3.79. The summed E-state index contributed by atoms with van der Waals surface area (Å²) in [5, 5.41) is 0. The minimum Gasteiger partial charge on any atom is -0.377 e. The molecule has 0 saturated carbocycles. The van der Waals surface area contributed by atoms with Crippen LogP contribution in [0.5, 0.6) is 0 Å². The first-order valence-electron chi connectivity index (χ1n) is 5.32. The molecule has 0 bridgehead atoms. The Labute approximate surface area is 81.1 Å². The van der Waals surface area contributed by atoms with E-state index in [-0.39, 0.29) is 6.04 Å². The number of hydrogen-bond acceptors (Lipinski definition) is 2. The van der Waals surface area contributed by atoms with Crippen LogP contribution in [0.3, 0.4) is 0 Å². The highest BCUT2D eigenvalue weighted by Gasteiger charge is 2.20. The van der Waals surface area contributed by atoms with E-state index in [1.165, 1.54) is 12.8 Å². The van der Waals surface area contributed by atoms with Gasteiger partial charge in [-0.2, -0.15) is 0 Å². The number of rotatable bonds is 5. The summed E-state index contributed by atoms with van der Waals surface area (Å²) in [4.78, 5) is 0. The third kappa shape index (κ3) is 3.92. The van der Waals surface area contributed by atoms with E-state index in [2.05, 4.69) is 6.58 Å². The number of ether oxygens (including phenoxy) is 1. The molecular weight excluding hydrogens is 162 g/mol. The van der Waals surface area contributed by atoms with Gasteiger partial charge in [0, 0.05) is 12.6 Å². The van der Waals surface area contributed by atoms with Gasteiger partial charge in [0.15, 0.2) is 0 Å². The molecule has 1 heterocycles. The molecule has 2 nitrogen and oxygen atoms in total. The largest absolute Gasteiger partial charge is 0.377 e. The zero-order valence-electron chi connectivity index (χ0n) is 8.37. The third-order valence-corrected chi connectivity index (χ3v) is 2.64.